The lowest BCUT2D eigenvalue weighted by Gasteiger charge is -2.36. The topological polar surface area (TPSA) is 60.2 Å². The second-order valence-corrected chi connectivity index (χ2v) is 8.73. The number of carbonyl (C=O) groups excluding carboxylic acids is 1. The minimum atomic E-state index is -6.90. The monoisotopic (exact) mass is 649 g/mol. The fourth-order valence-corrected chi connectivity index (χ4v) is 4.59. The van der Waals surface area contributed by atoms with E-state index < -0.39 is 66.3 Å². The summed E-state index contributed by atoms with van der Waals surface area (Å²) in [5.41, 5.74) is -9.56. The number of halogens is 12. The summed E-state index contributed by atoms with van der Waals surface area (Å²) in [4.78, 5) is 22.6. The molecule has 4 nitrogen and oxygen atoms in total. The fourth-order valence-electron chi connectivity index (χ4n) is 2.82. The van der Waals surface area contributed by atoms with E-state index in [1.807, 2.05) is 0 Å². The Balaban J connectivity index is 2.60. The number of nitro benzene ring substituents is 1. The van der Waals surface area contributed by atoms with Gasteiger partial charge < -0.3 is 0 Å². The summed E-state index contributed by atoms with van der Waals surface area (Å²) in [7, 11) is 0. The van der Waals surface area contributed by atoms with E-state index in [2.05, 4.69) is 31.9 Å². The van der Waals surface area contributed by atoms with E-state index in [0.717, 1.165) is 18.2 Å². The summed E-state index contributed by atoms with van der Waals surface area (Å²) in [6, 6.07) is 3.27. The number of nitro groups is 1. The third-order valence-electron chi connectivity index (χ3n) is 4.53. The van der Waals surface area contributed by atoms with Crippen molar-refractivity contribution in [3.05, 3.63) is 71.1 Å². The number of ketones is 1. The summed E-state index contributed by atoms with van der Waals surface area (Å²) in [6.07, 6.45) is -14.4. The van der Waals surface area contributed by atoms with Gasteiger partial charge in [-0.05, 0) is 23.8 Å². The van der Waals surface area contributed by atoms with Crippen LogP contribution in [-0.2, 0) is 12.1 Å². The maximum atomic E-state index is 14.7. The molecule has 2 aromatic carbocycles. The smallest absolute Gasteiger partial charge is 0.294 e. The van der Waals surface area contributed by atoms with Crippen molar-refractivity contribution in [3.8, 4) is 0 Å². The van der Waals surface area contributed by atoms with Crippen molar-refractivity contribution in [2.75, 3.05) is 0 Å². The molecule has 16 heteroatoms. The summed E-state index contributed by atoms with van der Waals surface area (Å²) >= 11 is 11.1. The predicted octanol–water partition coefficient (Wildman–Crippen LogP) is 8.12. The van der Waals surface area contributed by atoms with Gasteiger partial charge in [0, 0.05) is 32.6 Å². The van der Waals surface area contributed by atoms with Crippen molar-refractivity contribution in [1.29, 1.82) is 0 Å². The summed E-state index contributed by atoms with van der Waals surface area (Å²) in [6.45, 7) is 0. The normalized spacial score (nSPS) is 14.6. The van der Waals surface area contributed by atoms with Crippen LogP contribution in [0.5, 0.6) is 0 Å². The number of rotatable bonds is 6. The Morgan fingerprint density at radius 3 is 1.85 bits per heavy atom. The molecule has 0 radical (unpaired) electrons. The Morgan fingerprint density at radius 1 is 0.941 bits per heavy atom. The number of hydrogen-bond acceptors (Lipinski definition) is 3. The molecule has 1 unspecified atom stereocenters. The Kier molecular flexibility index (Phi) is 7.76. The quantitative estimate of drug-likeness (QED) is 0.137. The van der Waals surface area contributed by atoms with E-state index in [1.165, 1.54) is 0 Å². The molecule has 0 saturated heterocycles. The van der Waals surface area contributed by atoms with Gasteiger partial charge in [0.2, 0.25) is 0 Å². The van der Waals surface area contributed by atoms with Crippen LogP contribution in [0.3, 0.4) is 0 Å². The molecule has 0 N–H and O–H groups in total. The van der Waals surface area contributed by atoms with Gasteiger partial charge >= 0.3 is 23.9 Å². The largest absolute Gasteiger partial charge is 0.457 e. The third kappa shape index (κ3) is 4.78. The predicted molar refractivity (Wildman–Crippen MR) is 108 cm³/mol. The molecule has 0 saturated carbocycles. The Bertz CT molecular complexity index is 1130. The fraction of sp³-hybridized carbons (Fsp3) is 0.278. The molecule has 0 bridgehead atoms. The van der Waals surface area contributed by atoms with Gasteiger partial charge in [-0.3, -0.25) is 14.9 Å². The highest BCUT2D eigenvalue weighted by Gasteiger charge is 2.81. The maximum Gasteiger partial charge on any atom is 0.457 e. The third-order valence-corrected chi connectivity index (χ3v) is 6.34. The van der Waals surface area contributed by atoms with Crippen molar-refractivity contribution in [2.24, 2.45) is 0 Å². The molecular formula is C18H7Br2ClF9NO3. The Labute approximate surface area is 205 Å². The number of alkyl halides is 9. The van der Waals surface area contributed by atoms with Crippen LogP contribution in [0, 0.1) is 10.1 Å². The highest BCUT2D eigenvalue weighted by atomic mass is 79.9. The van der Waals surface area contributed by atoms with Crippen molar-refractivity contribution >= 4 is 54.9 Å². The van der Waals surface area contributed by atoms with E-state index in [1.54, 1.807) is 0 Å². The average Bonchev–Trinajstić information content (AvgIpc) is 2.67. The highest BCUT2D eigenvalue weighted by Crippen LogP contribution is 2.58. The summed E-state index contributed by atoms with van der Waals surface area (Å²) in [5.74, 6) is -7.80. The van der Waals surface area contributed by atoms with Crippen molar-refractivity contribution in [1.82, 2.24) is 0 Å². The van der Waals surface area contributed by atoms with E-state index in [4.69, 9.17) is 11.6 Å². The lowest BCUT2D eigenvalue weighted by atomic mass is 9.86. The van der Waals surface area contributed by atoms with Crippen LogP contribution in [0.15, 0.2) is 39.3 Å². The molecule has 34 heavy (non-hydrogen) atoms. The standard InChI is InChI=1S/C18H7Br2ClF9NO3/c19-10-4-7(15(22,17(25,26)27)16(23,24)18(28,29)30)5-11(20)9(10)6-13(32)8-2-1-3-12(14(8)21)31(33)34/h1-5H,6H2. The van der Waals surface area contributed by atoms with Crippen molar-refractivity contribution < 1.29 is 49.2 Å². The minimum Gasteiger partial charge on any atom is -0.294 e. The van der Waals surface area contributed by atoms with Gasteiger partial charge in [0.25, 0.3) is 5.69 Å². The van der Waals surface area contributed by atoms with E-state index in [0.29, 0.717) is 0 Å². The van der Waals surface area contributed by atoms with Crippen LogP contribution in [0.1, 0.15) is 21.5 Å². The molecule has 1 atom stereocenters. The first-order valence-electron chi connectivity index (χ1n) is 8.42. The van der Waals surface area contributed by atoms with Crippen molar-refractivity contribution in [2.45, 2.75) is 30.4 Å². The summed E-state index contributed by atoms with van der Waals surface area (Å²) < 4.78 is 119. The molecule has 0 heterocycles. The zero-order valence-electron chi connectivity index (χ0n) is 15.8. The van der Waals surface area contributed by atoms with E-state index >= 15 is 0 Å². The molecule has 0 spiro atoms. The minimum absolute atomic E-state index is 0.0373. The SMILES string of the molecule is O=C(Cc1c(Br)cc(C(F)(C(F)(F)F)C(F)(F)C(F)(F)F)cc1Br)c1cccc([N+](=O)[O-])c1Cl. The second kappa shape index (κ2) is 9.30. The Hall–Kier alpha value is -1.87. The molecule has 0 aromatic heterocycles. The van der Waals surface area contributed by atoms with Crippen LogP contribution < -0.4 is 0 Å². The molecule has 2 aromatic rings. The number of nitrogens with zero attached hydrogens (tertiary/aromatic N) is 1. The van der Waals surface area contributed by atoms with Gasteiger partial charge in [-0.2, -0.15) is 35.1 Å². The molecule has 2 rings (SSSR count). The molecule has 0 aliphatic heterocycles. The first-order valence-corrected chi connectivity index (χ1v) is 10.4. The number of carbonyl (C=O) groups is 1. The number of Topliss-reactive ketones (excluding diaryl/α,β-unsaturated/α-hetero) is 1. The van der Waals surface area contributed by atoms with Crippen LogP contribution >= 0.6 is 43.5 Å². The van der Waals surface area contributed by atoms with E-state index in [9.17, 15) is 54.4 Å². The first-order chi connectivity index (χ1) is 15.3. The first kappa shape index (κ1) is 28.4. The van der Waals surface area contributed by atoms with Crippen LogP contribution in [-0.4, -0.2) is 29.0 Å². The van der Waals surface area contributed by atoms with Crippen LogP contribution in [0.2, 0.25) is 5.02 Å². The molecule has 0 amide bonds. The zero-order valence-corrected chi connectivity index (χ0v) is 19.7. The highest BCUT2D eigenvalue weighted by molar-refractivity contribution is 9.11. The van der Waals surface area contributed by atoms with Gasteiger partial charge in [-0.1, -0.05) is 49.5 Å². The molecule has 186 valence electrons. The maximum absolute atomic E-state index is 14.7. The van der Waals surface area contributed by atoms with Gasteiger partial charge in [-0.15, -0.1) is 0 Å². The van der Waals surface area contributed by atoms with Gasteiger partial charge in [0.05, 0.1) is 4.92 Å². The number of hydrogen-bond donors (Lipinski definition) is 0. The number of benzene rings is 2. The molecule has 0 aliphatic carbocycles. The lowest BCUT2D eigenvalue weighted by molar-refractivity contribution is -0.389. The van der Waals surface area contributed by atoms with Crippen LogP contribution in [0.4, 0.5) is 45.2 Å². The molecule has 0 fully saturated rings. The zero-order chi connectivity index (χ0) is 26.4. The second-order valence-electron chi connectivity index (χ2n) is 6.64. The van der Waals surface area contributed by atoms with Gasteiger partial charge in [-0.25, -0.2) is 4.39 Å². The van der Waals surface area contributed by atoms with Gasteiger partial charge in [0.1, 0.15) is 5.02 Å². The molecule has 0 aliphatic rings. The van der Waals surface area contributed by atoms with E-state index in [-0.39, 0.29) is 23.3 Å². The average molecular weight is 652 g/mol. The van der Waals surface area contributed by atoms with Gasteiger partial charge in [0.15, 0.2) is 5.78 Å². The summed E-state index contributed by atoms with van der Waals surface area (Å²) in [5, 5.41) is 10.4. The lowest BCUT2D eigenvalue weighted by Crippen LogP contribution is -2.59. The van der Waals surface area contributed by atoms with Crippen molar-refractivity contribution in [3.63, 3.8) is 0 Å². The Morgan fingerprint density at radius 2 is 1.44 bits per heavy atom. The molecular weight excluding hydrogens is 644 g/mol. The van der Waals surface area contributed by atoms with Crippen LogP contribution in [0.25, 0.3) is 0 Å².